The van der Waals surface area contributed by atoms with Crippen LogP contribution in [0.2, 0.25) is 0 Å². The number of aliphatic carboxylic acids is 1. The molecule has 5 nitrogen and oxygen atoms in total. The van der Waals surface area contributed by atoms with Gasteiger partial charge < -0.3 is 14.7 Å². The summed E-state index contributed by atoms with van der Waals surface area (Å²) in [6, 6.07) is 8.99. The van der Waals surface area contributed by atoms with Gasteiger partial charge in [0.1, 0.15) is 0 Å². The van der Waals surface area contributed by atoms with Crippen molar-refractivity contribution in [3.63, 3.8) is 0 Å². The van der Waals surface area contributed by atoms with Crippen LogP contribution in [0.1, 0.15) is 5.56 Å². The molecule has 0 aliphatic heterocycles. The molecule has 21 heavy (non-hydrogen) atoms. The zero-order valence-electron chi connectivity index (χ0n) is 11.1. The maximum Gasteiger partial charge on any atom is 0.436 e. The minimum atomic E-state index is -5.15. The Balaban J connectivity index is 2.56. The van der Waals surface area contributed by atoms with Gasteiger partial charge in [0, 0.05) is 13.6 Å². The van der Waals surface area contributed by atoms with Crippen LogP contribution in [0.4, 0.5) is 18.0 Å². The molecule has 0 bridgehead atoms. The summed E-state index contributed by atoms with van der Waals surface area (Å²) in [5, 5.41) is 8.43. The van der Waals surface area contributed by atoms with E-state index in [0.717, 1.165) is 10.5 Å². The van der Waals surface area contributed by atoms with Crippen molar-refractivity contribution in [2.24, 2.45) is 0 Å². The maximum atomic E-state index is 12.4. The Kier molecular flexibility index (Phi) is 5.57. The highest BCUT2D eigenvalue weighted by atomic mass is 19.4. The Bertz CT molecular complexity index is 490. The normalized spacial score (nSPS) is 12.6. The summed E-state index contributed by atoms with van der Waals surface area (Å²) in [6.45, 7) is 0.104. The molecule has 1 atom stereocenters. The predicted octanol–water partition coefficient (Wildman–Crippen LogP) is 2.31. The Morgan fingerprint density at radius 3 is 2.33 bits per heavy atom. The van der Waals surface area contributed by atoms with Gasteiger partial charge in [0.05, 0.1) is 0 Å². The van der Waals surface area contributed by atoms with Crippen molar-refractivity contribution in [2.75, 3.05) is 13.6 Å². The van der Waals surface area contributed by atoms with Crippen molar-refractivity contribution in [1.29, 1.82) is 0 Å². The van der Waals surface area contributed by atoms with E-state index in [0.29, 0.717) is 6.42 Å². The highest BCUT2D eigenvalue weighted by Crippen LogP contribution is 2.23. The number of hydrogen-bond acceptors (Lipinski definition) is 3. The smallest absolute Gasteiger partial charge is 0.436 e. The van der Waals surface area contributed by atoms with E-state index in [4.69, 9.17) is 5.11 Å². The first-order valence-corrected chi connectivity index (χ1v) is 5.97. The molecule has 1 amide bonds. The second-order valence-electron chi connectivity index (χ2n) is 4.30. The van der Waals surface area contributed by atoms with Gasteiger partial charge in [-0.3, -0.25) is 0 Å². The van der Waals surface area contributed by atoms with Crippen LogP contribution >= 0.6 is 0 Å². The maximum absolute atomic E-state index is 12.4. The third kappa shape index (κ3) is 5.33. The monoisotopic (exact) mass is 305 g/mol. The van der Waals surface area contributed by atoms with Crippen LogP contribution in [-0.2, 0) is 16.0 Å². The van der Waals surface area contributed by atoms with Gasteiger partial charge in [0.15, 0.2) is 0 Å². The van der Waals surface area contributed by atoms with Crippen molar-refractivity contribution in [2.45, 2.75) is 18.7 Å². The van der Waals surface area contributed by atoms with E-state index in [1.54, 1.807) is 24.3 Å². The third-order valence-electron chi connectivity index (χ3n) is 2.63. The van der Waals surface area contributed by atoms with Crippen LogP contribution in [0, 0.1) is 0 Å². The number of carbonyl (C=O) groups is 2. The van der Waals surface area contributed by atoms with E-state index in [2.05, 4.69) is 4.74 Å². The number of carboxylic acid groups (broad SMARTS) is 1. The SMILES string of the molecule is CN(CCc1ccccc1)C(=O)OC(C(=O)O)C(F)(F)F. The van der Waals surface area contributed by atoms with E-state index >= 15 is 0 Å². The van der Waals surface area contributed by atoms with Gasteiger partial charge in [-0.1, -0.05) is 30.3 Å². The highest BCUT2D eigenvalue weighted by molar-refractivity contribution is 5.78. The summed E-state index contributed by atoms with van der Waals surface area (Å²) in [5.41, 5.74) is 0.891. The van der Waals surface area contributed by atoms with Crippen molar-refractivity contribution >= 4 is 12.1 Å². The second kappa shape index (κ2) is 6.96. The molecule has 1 unspecified atom stereocenters. The number of likely N-dealkylation sites (N-methyl/N-ethyl adjacent to an activating group) is 1. The molecule has 0 saturated carbocycles. The summed E-state index contributed by atoms with van der Waals surface area (Å²) in [7, 11) is 1.24. The average Bonchev–Trinajstić information content (AvgIpc) is 2.41. The topological polar surface area (TPSA) is 66.8 Å². The van der Waals surface area contributed by atoms with E-state index in [1.807, 2.05) is 6.07 Å². The third-order valence-corrected chi connectivity index (χ3v) is 2.63. The summed E-state index contributed by atoms with van der Waals surface area (Å²) in [4.78, 5) is 22.8. The Labute approximate surface area is 118 Å². The van der Waals surface area contributed by atoms with Gasteiger partial charge in [0.25, 0.3) is 6.10 Å². The fraction of sp³-hybridized carbons (Fsp3) is 0.385. The number of halogens is 3. The molecule has 8 heteroatoms. The number of rotatable bonds is 5. The van der Waals surface area contributed by atoms with Gasteiger partial charge in [-0.2, -0.15) is 13.2 Å². The molecule has 0 aromatic heterocycles. The zero-order valence-corrected chi connectivity index (χ0v) is 11.1. The molecule has 1 N–H and O–H groups in total. The van der Waals surface area contributed by atoms with Crippen LogP contribution in [0.25, 0.3) is 0 Å². The van der Waals surface area contributed by atoms with Crippen LogP contribution in [0.5, 0.6) is 0 Å². The van der Waals surface area contributed by atoms with Crippen LogP contribution in [0.15, 0.2) is 30.3 Å². The van der Waals surface area contributed by atoms with Crippen molar-refractivity contribution in [1.82, 2.24) is 4.90 Å². The molecule has 1 rings (SSSR count). The summed E-state index contributed by atoms with van der Waals surface area (Å²) in [6.07, 6.45) is -9.24. The number of nitrogens with zero attached hydrogens (tertiary/aromatic N) is 1. The molecule has 0 spiro atoms. The van der Waals surface area contributed by atoms with Crippen LogP contribution in [0.3, 0.4) is 0 Å². The number of benzene rings is 1. The number of ether oxygens (including phenoxy) is 1. The van der Waals surface area contributed by atoms with Crippen molar-refractivity contribution < 1.29 is 32.6 Å². The summed E-state index contributed by atoms with van der Waals surface area (Å²) < 4.78 is 41.1. The summed E-state index contributed by atoms with van der Waals surface area (Å²) in [5.74, 6) is -2.26. The molecule has 116 valence electrons. The molecule has 1 aromatic carbocycles. The van der Waals surface area contributed by atoms with Crippen molar-refractivity contribution in [3.05, 3.63) is 35.9 Å². The Morgan fingerprint density at radius 1 is 1.29 bits per heavy atom. The lowest BCUT2D eigenvalue weighted by Gasteiger charge is -2.21. The molecule has 0 saturated heterocycles. The molecule has 0 fully saturated rings. The number of carboxylic acids is 1. The van der Waals surface area contributed by atoms with Gasteiger partial charge in [-0.25, -0.2) is 9.59 Å². The quantitative estimate of drug-likeness (QED) is 0.906. The Hall–Kier alpha value is -2.25. The van der Waals surface area contributed by atoms with E-state index in [1.165, 1.54) is 7.05 Å². The van der Waals surface area contributed by atoms with Gasteiger partial charge in [0.2, 0.25) is 0 Å². The van der Waals surface area contributed by atoms with Crippen LogP contribution in [-0.4, -0.2) is 47.9 Å². The first-order chi connectivity index (χ1) is 9.71. The largest absolute Gasteiger partial charge is 0.478 e. The molecule has 1 aromatic rings. The van der Waals surface area contributed by atoms with E-state index in [-0.39, 0.29) is 6.54 Å². The fourth-order valence-electron chi connectivity index (χ4n) is 1.48. The standard InChI is InChI=1S/C13H14F3NO4/c1-17(8-7-9-5-3-2-4-6-9)12(20)21-10(11(18)19)13(14,15)16/h2-6,10H,7-8H2,1H3,(H,18,19). The Morgan fingerprint density at radius 2 is 1.86 bits per heavy atom. The summed E-state index contributed by atoms with van der Waals surface area (Å²) >= 11 is 0. The minimum Gasteiger partial charge on any atom is -0.478 e. The lowest BCUT2D eigenvalue weighted by Crippen LogP contribution is -2.43. The molecule has 0 radical (unpaired) electrons. The van der Waals surface area contributed by atoms with Crippen LogP contribution < -0.4 is 0 Å². The van der Waals surface area contributed by atoms with E-state index < -0.39 is 24.3 Å². The fourth-order valence-corrected chi connectivity index (χ4v) is 1.48. The first kappa shape index (κ1) is 16.8. The lowest BCUT2D eigenvalue weighted by molar-refractivity contribution is -0.215. The molecule has 0 aliphatic carbocycles. The molecular weight excluding hydrogens is 291 g/mol. The predicted molar refractivity (Wildman–Crippen MR) is 66.7 cm³/mol. The lowest BCUT2D eigenvalue weighted by atomic mass is 10.1. The van der Waals surface area contributed by atoms with Crippen molar-refractivity contribution in [3.8, 4) is 0 Å². The number of carbonyl (C=O) groups excluding carboxylic acids is 1. The van der Waals surface area contributed by atoms with E-state index in [9.17, 15) is 22.8 Å². The minimum absolute atomic E-state index is 0.104. The molecular formula is C13H14F3NO4. The van der Waals surface area contributed by atoms with Gasteiger partial charge >= 0.3 is 18.2 Å². The molecule has 0 heterocycles. The highest BCUT2D eigenvalue weighted by Gasteiger charge is 2.49. The van der Waals surface area contributed by atoms with Gasteiger partial charge in [-0.05, 0) is 12.0 Å². The first-order valence-electron chi connectivity index (χ1n) is 5.97. The molecule has 0 aliphatic rings. The number of alkyl halides is 3. The number of hydrogen-bond donors (Lipinski definition) is 1. The average molecular weight is 305 g/mol. The van der Waals surface area contributed by atoms with Gasteiger partial charge in [-0.15, -0.1) is 0 Å². The zero-order chi connectivity index (χ0) is 16.0. The number of amides is 1. The second-order valence-corrected chi connectivity index (χ2v) is 4.30.